The minimum atomic E-state index is -1.18. The van der Waals surface area contributed by atoms with E-state index in [0.29, 0.717) is 0 Å². The van der Waals surface area contributed by atoms with E-state index >= 15 is 0 Å². The van der Waals surface area contributed by atoms with Crippen molar-refractivity contribution in [3.63, 3.8) is 0 Å². The minimum absolute atomic E-state index is 0.0186. The third-order valence-corrected chi connectivity index (χ3v) is 1.85. The molecule has 0 bridgehead atoms. The Hall–Kier alpha value is -1.36. The second-order valence-corrected chi connectivity index (χ2v) is 4.81. The van der Waals surface area contributed by atoms with Crippen LogP contribution in [0.25, 0.3) is 0 Å². The van der Waals surface area contributed by atoms with Crippen molar-refractivity contribution < 1.29 is 18.3 Å². The van der Waals surface area contributed by atoms with Gasteiger partial charge in [0.2, 0.25) is 0 Å². The summed E-state index contributed by atoms with van der Waals surface area (Å²) in [6.07, 6.45) is -0.877. The SMILES string of the molecule is CC(C)(C)OC(=O)Nc1cc(Cl)cc(F)c1F. The van der Waals surface area contributed by atoms with Crippen molar-refractivity contribution in [1.82, 2.24) is 0 Å². The maximum atomic E-state index is 13.3. The molecule has 1 aromatic rings. The molecular weight excluding hydrogens is 252 g/mol. The van der Waals surface area contributed by atoms with Crippen LogP contribution in [0.1, 0.15) is 20.8 Å². The van der Waals surface area contributed by atoms with Crippen LogP contribution in [0.3, 0.4) is 0 Å². The van der Waals surface area contributed by atoms with Crippen molar-refractivity contribution >= 4 is 23.4 Å². The lowest BCUT2D eigenvalue weighted by Crippen LogP contribution is -2.27. The van der Waals surface area contributed by atoms with Gasteiger partial charge >= 0.3 is 6.09 Å². The van der Waals surface area contributed by atoms with Gasteiger partial charge in [-0.05, 0) is 32.9 Å². The number of amides is 1. The monoisotopic (exact) mass is 263 g/mol. The molecular formula is C11H12ClF2NO2. The van der Waals surface area contributed by atoms with Crippen molar-refractivity contribution in [1.29, 1.82) is 0 Å². The molecule has 1 amide bonds. The van der Waals surface area contributed by atoms with Gasteiger partial charge in [-0.1, -0.05) is 11.6 Å². The Morgan fingerprint density at radius 3 is 2.47 bits per heavy atom. The van der Waals surface area contributed by atoms with Gasteiger partial charge in [0, 0.05) is 5.02 Å². The average molecular weight is 264 g/mol. The zero-order valence-electron chi connectivity index (χ0n) is 9.61. The second kappa shape index (κ2) is 4.87. The molecule has 0 radical (unpaired) electrons. The Morgan fingerprint density at radius 2 is 1.94 bits per heavy atom. The predicted octanol–water partition coefficient (Wildman–Crippen LogP) is 3.97. The van der Waals surface area contributed by atoms with Gasteiger partial charge in [-0.3, -0.25) is 5.32 Å². The first-order valence-corrected chi connectivity index (χ1v) is 5.21. The third-order valence-electron chi connectivity index (χ3n) is 1.63. The van der Waals surface area contributed by atoms with Crippen molar-refractivity contribution in [2.45, 2.75) is 26.4 Å². The Kier molecular flexibility index (Phi) is 3.93. The molecule has 0 aliphatic heterocycles. The van der Waals surface area contributed by atoms with E-state index in [9.17, 15) is 13.6 Å². The molecule has 1 N–H and O–H groups in total. The van der Waals surface area contributed by atoms with E-state index in [-0.39, 0.29) is 10.7 Å². The number of ether oxygens (including phenoxy) is 1. The number of carbonyl (C=O) groups excluding carboxylic acids is 1. The summed E-state index contributed by atoms with van der Waals surface area (Å²) < 4.78 is 31.1. The molecule has 0 spiro atoms. The number of halogens is 3. The third kappa shape index (κ3) is 4.19. The maximum Gasteiger partial charge on any atom is 0.412 e. The van der Waals surface area contributed by atoms with Crippen LogP contribution in [0.4, 0.5) is 19.3 Å². The summed E-state index contributed by atoms with van der Waals surface area (Å²) in [4.78, 5) is 11.3. The fraction of sp³-hybridized carbons (Fsp3) is 0.364. The molecule has 0 saturated heterocycles. The van der Waals surface area contributed by atoms with Crippen LogP contribution in [-0.2, 0) is 4.74 Å². The predicted molar refractivity (Wildman–Crippen MR) is 61.2 cm³/mol. The molecule has 17 heavy (non-hydrogen) atoms. The molecule has 3 nitrogen and oxygen atoms in total. The van der Waals surface area contributed by atoms with Crippen LogP contribution < -0.4 is 5.32 Å². The first-order chi connectivity index (χ1) is 7.69. The van der Waals surface area contributed by atoms with Crippen LogP contribution in [-0.4, -0.2) is 11.7 Å². The number of hydrogen-bond acceptors (Lipinski definition) is 2. The van der Waals surface area contributed by atoms with Crippen molar-refractivity contribution in [3.05, 3.63) is 28.8 Å². The van der Waals surface area contributed by atoms with E-state index in [0.717, 1.165) is 12.1 Å². The molecule has 1 aromatic carbocycles. The number of rotatable bonds is 1. The van der Waals surface area contributed by atoms with Gasteiger partial charge < -0.3 is 4.74 Å². The van der Waals surface area contributed by atoms with Gasteiger partial charge in [0.25, 0.3) is 0 Å². The van der Waals surface area contributed by atoms with Crippen LogP contribution in [0.2, 0.25) is 5.02 Å². The zero-order valence-corrected chi connectivity index (χ0v) is 10.4. The van der Waals surface area contributed by atoms with E-state index in [1.807, 2.05) is 0 Å². The number of carbonyl (C=O) groups is 1. The van der Waals surface area contributed by atoms with Crippen LogP contribution >= 0.6 is 11.6 Å². The minimum Gasteiger partial charge on any atom is -0.444 e. The summed E-state index contributed by atoms with van der Waals surface area (Å²) in [5, 5.41) is 2.07. The second-order valence-electron chi connectivity index (χ2n) is 4.38. The van der Waals surface area contributed by atoms with E-state index < -0.39 is 23.3 Å². The molecule has 0 aromatic heterocycles. The molecule has 0 fully saturated rings. The van der Waals surface area contributed by atoms with Crippen molar-refractivity contribution in [2.75, 3.05) is 5.32 Å². The lowest BCUT2D eigenvalue weighted by atomic mass is 10.2. The van der Waals surface area contributed by atoms with E-state index in [4.69, 9.17) is 16.3 Å². The molecule has 0 aliphatic rings. The fourth-order valence-electron chi connectivity index (χ4n) is 1.06. The summed E-state index contributed by atoms with van der Waals surface area (Å²) in [5.74, 6) is -2.32. The van der Waals surface area contributed by atoms with Crippen LogP contribution in [0, 0.1) is 11.6 Å². The molecule has 0 aliphatic carbocycles. The van der Waals surface area contributed by atoms with E-state index in [2.05, 4.69) is 5.32 Å². The molecule has 1 rings (SSSR count). The van der Waals surface area contributed by atoms with Gasteiger partial charge in [0.1, 0.15) is 5.60 Å². The lowest BCUT2D eigenvalue weighted by Gasteiger charge is -2.19. The largest absolute Gasteiger partial charge is 0.444 e. The van der Waals surface area contributed by atoms with Crippen LogP contribution in [0.15, 0.2) is 12.1 Å². The number of nitrogens with one attached hydrogen (secondary N) is 1. The quantitative estimate of drug-likeness (QED) is 0.779. The van der Waals surface area contributed by atoms with Crippen molar-refractivity contribution in [2.24, 2.45) is 0 Å². The van der Waals surface area contributed by atoms with Gasteiger partial charge in [0.15, 0.2) is 11.6 Å². The first kappa shape index (κ1) is 13.7. The summed E-state index contributed by atoms with van der Waals surface area (Å²) in [6, 6.07) is 1.92. The molecule has 6 heteroatoms. The highest BCUT2D eigenvalue weighted by Crippen LogP contribution is 2.23. The Balaban J connectivity index is 2.85. The topological polar surface area (TPSA) is 38.3 Å². The Morgan fingerprint density at radius 1 is 1.35 bits per heavy atom. The standard InChI is InChI=1S/C11H12ClF2NO2/c1-11(2,3)17-10(16)15-8-5-6(12)4-7(13)9(8)14/h4-5H,1-3H3,(H,15,16). The Bertz CT molecular complexity index is 444. The van der Waals surface area contributed by atoms with Gasteiger partial charge in [0.05, 0.1) is 5.69 Å². The molecule has 94 valence electrons. The van der Waals surface area contributed by atoms with E-state index in [1.54, 1.807) is 20.8 Å². The highest BCUT2D eigenvalue weighted by atomic mass is 35.5. The van der Waals surface area contributed by atoms with E-state index in [1.165, 1.54) is 0 Å². The number of anilines is 1. The zero-order chi connectivity index (χ0) is 13.2. The highest BCUT2D eigenvalue weighted by molar-refractivity contribution is 6.30. The number of benzene rings is 1. The summed E-state index contributed by atoms with van der Waals surface area (Å²) in [6.45, 7) is 4.96. The maximum absolute atomic E-state index is 13.3. The molecule has 0 heterocycles. The van der Waals surface area contributed by atoms with Gasteiger partial charge in [-0.15, -0.1) is 0 Å². The summed E-state index contributed by atoms with van der Waals surface area (Å²) in [7, 11) is 0. The average Bonchev–Trinajstić information content (AvgIpc) is 2.10. The Labute approximate surface area is 103 Å². The molecule has 0 atom stereocenters. The van der Waals surface area contributed by atoms with Crippen molar-refractivity contribution in [3.8, 4) is 0 Å². The summed E-state index contributed by atoms with van der Waals surface area (Å²) >= 11 is 5.54. The number of hydrogen-bond donors (Lipinski definition) is 1. The molecule has 0 unspecified atom stereocenters. The molecule has 0 saturated carbocycles. The normalized spacial score (nSPS) is 11.2. The fourth-order valence-corrected chi connectivity index (χ4v) is 1.27. The highest BCUT2D eigenvalue weighted by Gasteiger charge is 2.18. The lowest BCUT2D eigenvalue weighted by molar-refractivity contribution is 0.0635. The van der Waals surface area contributed by atoms with Crippen LogP contribution in [0.5, 0.6) is 0 Å². The first-order valence-electron chi connectivity index (χ1n) is 4.83. The smallest absolute Gasteiger partial charge is 0.412 e. The summed E-state index contributed by atoms with van der Waals surface area (Å²) in [5.41, 5.74) is -1.08. The van der Waals surface area contributed by atoms with Gasteiger partial charge in [-0.2, -0.15) is 0 Å². The van der Waals surface area contributed by atoms with Gasteiger partial charge in [-0.25, -0.2) is 13.6 Å².